The second-order valence-electron chi connectivity index (χ2n) is 17.5. The number of hydrogen-bond acceptors (Lipinski definition) is 4. The molecule has 0 amide bonds. The molecule has 5 aromatic carbocycles. The van der Waals surface area contributed by atoms with E-state index in [9.17, 15) is 0 Å². The molecule has 0 N–H and O–H groups in total. The Morgan fingerprint density at radius 2 is 1.36 bits per heavy atom. The summed E-state index contributed by atoms with van der Waals surface area (Å²) in [6, 6.07) is 36.8. The molecule has 1 aliphatic carbocycles. The van der Waals surface area contributed by atoms with Crippen LogP contribution in [0.1, 0.15) is 69.5 Å². The minimum absolute atomic E-state index is 0.0638. The van der Waals surface area contributed by atoms with E-state index in [1.54, 1.807) is 0 Å². The molecule has 7 heteroatoms. The lowest BCUT2D eigenvalue weighted by Crippen LogP contribution is -2.44. The van der Waals surface area contributed by atoms with Crippen LogP contribution in [0.25, 0.3) is 72.1 Å². The van der Waals surface area contributed by atoms with Gasteiger partial charge in [0.1, 0.15) is 23.0 Å². The van der Waals surface area contributed by atoms with E-state index in [0.717, 1.165) is 61.8 Å². The Labute approximate surface area is 323 Å². The van der Waals surface area contributed by atoms with Gasteiger partial charge in [-0.25, -0.2) is 15.0 Å². The highest BCUT2D eigenvalue weighted by Crippen LogP contribution is 2.52. The molecule has 10 aromatic rings. The van der Waals surface area contributed by atoms with Gasteiger partial charge in [-0.1, -0.05) is 96.1 Å². The molecule has 0 unspecified atom stereocenters. The van der Waals surface area contributed by atoms with E-state index in [2.05, 4.69) is 171 Å². The van der Waals surface area contributed by atoms with Crippen molar-refractivity contribution in [3.8, 4) is 28.4 Å². The first-order valence-corrected chi connectivity index (χ1v) is 19.5. The van der Waals surface area contributed by atoms with Crippen LogP contribution in [0.5, 0.6) is 11.5 Å². The largest absolute Gasteiger partial charge is 0.457 e. The Morgan fingerprint density at radius 3 is 2.23 bits per heavy atom. The first kappa shape index (κ1) is 31.8. The number of pyridine rings is 2. The Balaban J connectivity index is 1.05. The molecular formula is C49H40N6O. The molecule has 0 radical (unpaired) electrons. The second kappa shape index (κ2) is 10.2. The zero-order chi connectivity index (χ0) is 38.0. The smallest absolute Gasteiger partial charge is 0.221 e. The molecule has 7 nitrogen and oxygen atoms in total. The molecule has 0 atom stereocenters. The highest BCUT2D eigenvalue weighted by molar-refractivity contribution is 6.13. The van der Waals surface area contributed by atoms with Crippen molar-refractivity contribution in [2.45, 2.75) is 64.7 Å². The number of aryl methyl sites for hydroxylation is 1. The molecule has 12 rings (SSSR count). The van der Waals surface area contributed by atoms with Gasteiger partial charge in [-0.2, -0.15) is 0 Å². The monoisotopic (exact) mass is 728 g/mol. The molecular weight excluding hydrogens is 689 g/mol. The molecule has 0 fully saturated rings. The first-order valence-electron chi connectivity index (χ1n) is 19.5. The maximum absolute atomic E-state index is 6.79. The van der Waals surface area contributed by atoms with Crippen LogP contribution in [-0.4, -0.2) is 28.3 Å². The highest BCUT2D eigenvalue weighted by Gasteiger charge is 2.46. The van der Waals surface area contributed by atoms with E-state index in [0.29, 0.717) is 0 Å². The van der Waals surface area contributed by atoms with E-state index < -0.39 is 0 Å². The van der Waals surface area contributed by atoms with Gasteiger partial charge in [0.25, 0.3) is 0 Å². The van der Waals surface area contributed by atoms with Crippen molar-refractivity contribution >= 4 is 55.2 Å². The summed E-state index contributed by atoms with van der Waals surface area (Å²) in [5, 5.41) is 3.48. The van der Waals surface area contributed by atoms with Gasteiger partial charge >= 0.3 is 0 Å². The van der Waals surface area contributed by atoms with Crippen molar-refractivity contribution in [1.29, 1.82) is 0 Å². The summed E-state index contributed by atoms with van der Waals surface area (Å²) < 4.78 is 13.6. The second-order valence-corrected chi connectivity index (χ2v) is 17.5. The van der Waals surface area contributed by atoms with Crippen LogP contribution in [0.4, 0.5) is 0 Å². The number of nitrogens with zero attached hydrogens (tertiary/aromatic N) is 6. The van der Waals surface area contributed by atoms with Gasteiger partial charge in [0.15, 0.2) is 0 Å². The SMILES string of the molecule is Cc1cccc2c1nc1n(-c3cc4c(cn3)-c3ccccc3C4(C)C)c3cc(Oc4ccc5c(c4)c4ncc6n4c4c(cccc54)C(C)(C)C6(C)C)ccc3n21. The Morgan fingerprint density at radius 1 is 0.571 bits per heavy atom. The van der Waals surface area contributed by atoms with Gasteiger partial charge < -0.3 is 4.74 Å². The lowest BCUT2D eigenvalue weighted by Gasteiger charge is -2.45. The summed E-state index contributed by atoms with van der Waals surface area (Å²) in [6.45, 7) is 16.1. The number of hydrogen-bond donors (Lipinski definition) is 0. The highest BCUT2D eigenvalue weighted by atomic mass is 16.5. The van der Waals surface area contributed by atoms with Gasteiger partial charge in [0.2, 0.25) is 5.78 Å². The number of rotatable bonds is 3. The van der Waals surface area contributed by atoms with Crippen molar-refractivity contribution in [2.75, 3.05) is 0 Å². The van der Waals surface area contributed by atoms with E-state index in [1.165, 1.54) is 49.8 Å². The van der Waals surface area contributed by atoms with Crippen molar-refractivity contribution in [3.63, 3.8) is 0 Å². The van der Waals surface area contributed by atoms with Crippen LogP contribution < -0.4 is 4.74 Å². The lowest BCUT2D eigenvalue weighted by molar-refractivity contribution is 0.288. The van der Waals surface area contributed by atoms with Crippen molar-refractivity contribution in [3.05, 3.63) is 143 Å². The standard InChI is InChI=1S/C49H40N6O/c1-27-12-10-17-39-43(27)52-46-53(39)38-21-19-29(23-40(38)54(46)42-24-37-34(25-50-42)31-13-8-9-15-35(31)47(37,2)3)56-28-18-20-30-32-14-11-16-36-44(32)55-41(49(6,7)48(36,4)5)26-51-45(55)33(30)22-28/h8-26H,1-7H3. The molecule has 0 saturated carbocycles. The molecule has 56 heavy (non-hydrogen) atoms. The van der Waals surface area contributed by atoms with Crippen LogP contribution in [0, 0.1) is 6.92 Å². The topological polar surface area (TPSA) is 61.6 Å². The maximum atomic E-state index is 6.79. The third kappa shape index (κ3) is 3.76. The summed E-state index contributed by atoms with van der Waals surface area (Å²) in [4.78, 5) is 15.5. The van der Waals surface area contributed by atoms with Crippen LogP contribution in [-0.2, 0) is 16.2 Å². The van der Waals surface area contributed by atoms with E-state index in [4.69, 9.17) is 19.7 Å². The molecule has 1 aliphatic heterocycles. The zero-order valence-corrected chi connectivity index (χ0v) is 32.6. The average Bonchev–Trinajstić information content (AvgIpc) is 3.94. The van der Waals surface area contributed by atoms with Crippen molar-refractivity contribution in [1.82, 2.24) is 28.3 Å². The van der Waals surface area contributed by atoms with Crippen LogP contribution in [0.15, 0.2) is 116 Å². The summed E-state index contributed by atoms with van der Waals surface area (Å²) in [5.41, 5.74) is 14.7. The van der Waals surface area contributed by atoms with Gasteiger partial charge in [-0.05, 0) is 82.6 Å². The summed E-state index contributed by atoms with van der Waals surface area (Å²) in [7, 11) is 0. The Kier molecular flexibility index (Phi) is 5.82. The van der Waals surface area contributed by atoms with Gasteiger partial charge in [0.05, 0.1) is 27.6 Å². The predicted octanol–water partition coefficient (Wildman–Crippen LogP) is 11.8. The van der Waals surface area contributed by atoms with Gasteiger partial charge in [-0.15, -0.1) is 0 Å². The number of ether oxygens (including phenoxy) is 1. The summed E-state index contributed by atoms with van der Waals surface area (Å²) >= 11 is 0. The summed E-state index contributed by atoms with van der Waals surface area (Å²) in [5.74, 6) is 3.15. The van der Waals surface area contributed by atoms with Crippen LogP contribution >= 0.6 is 0 Å². The van der Waals surface area contributed by atoms with E-state index in [-0.39, 0.29) is 16.2 Å². The number of fused-ring (bicyclic) bond motifs is 11. The van der Waals surface area contributed by atoms with Crippen LogP contribution in [0.3, 0.4) is 0 Å². The van der Waals surface area contributed by atoms with Gasteiger partial charge in [-0.3, -0.25) is 13.4 Å². The third-order valence-electron chi connectivity index (χ3n) is 13.8. The number of aromatic nitrogens is 6. The molecule has 272 valence electrons. The van der Waals surface area contributed by atoms with Crippen molar-refractivity contribution < 1.29 is 4.74 Å². The van der Waals surface area contributed by atoms with Crippen LogP contribution in [0.2, 0.25) is 0 Å². The number of benzene rings is 5. The molecule has 0 spiro atoms. The fourth-order valence-electron chi connectivity index (χ4n) is 10.1. The molecule has 5 aromatic heterocycles. The quantitative estimate of drug-likeness (QED) is 0.170. The third-order valence-corrected chi connectivity index (χ3v) is 13.8. The fourth-order valence-corrected chi connectivity index (χ4v) is 10.1. The maximum Gasteiger partial charge on any atom is 0.221 e. The summed E-state index contributed by atoms with van der Waals surface area (Å²) in [6.07, 6.45) is 4.12. The predicted molar refractivity (Wildman–Crippen MR) is 226 cm³/mol. The minimum atomic E-state index is -0.164. The normalized spacial score (nSPS) is 16.2. The number of para-hydroxylation sites is 2. The fraction of sp³-hybridized carbons (Fsp3) is 0.204. The molecule has 6 heterocycles. The molecule has 2 aliphatic rings. The minimum Gasteiger partial charge on any atom is -0.457 e. The average molecular weight is 729 g/mol. The van der Waals surface area contributed by atoms with Crippen molar-refractivity contribution in [2.24, 2.45) is 0 Å². The molecule has 0 bridgehead atoms. The lowest BCUT2D eigenvalue weighted by atomic mass is 9.61. The Hall–Kier alpha value is -6.47. The number of imidazole rings is 3. The van der Waals surface area contributed by atoms with Gasteiger partial charge in [0, 0.05) is 56.7 Å². The van der Waals surface area contributed by atoms with E-state index >= 15 is 0 Å². The first-order chi connectivity index (χ1) is 26.9. The zero-order valence-electron chi connectivity index (χ0n) is 32.6. The molecule has 0 saturated heterocycles. The Bertz CT molecular complexity index is 3390. The van der Waals surface area contributed by atoms with E-state index in [1.807, 2.05) is 6.20 Å².